The van der Waals surface area contributed by atoms with Gasteiger partial charge in [-0.25, -0.2) is 4.79 Å². The lowest BCUT2D eigenvalue weighted by Crippen LogP contribution is -2.42. The standard InChI is InChI=1S/C28H40O8/c1-10-13(2)25(32)35-21-14(3)11-28-24(34-17(6)29)15(4)12-27(28,36-28)23(31)16(5)20(30)18-19(22(21)33-9)26(18,7)8/h10-11,15-16,18-22,24,30H,12H2,1-9H3/b13-10-,14-11+/t15-,16+,18-,19+,20-,21+,22?,24-,27-,28-/m0/s1. The largest absolute Gasteiger partial charge is 0.459 e. The number of hydrogen-bond acceptors (Lipinski definition) is 8. The van der Waals surface area contributed by atoms with Gasteiger partial charge in [0.1, 0.15) is 18.3 Å². The smallest absolute Gasteiger partial charge is 0.334 e. The number of methoxy groups -OCH3 is 1. The minimum Gasteiger partial charge on any atom is -0.459 e. The maximum Gasteiger partial charge on any atom is 0.334 e. The predicted octanol–water partition coefficient (Wildman–Crippen LogP) is 3.16. The summed E-state index contributed by atoms with van der Waals surface area (Å²) in [6.45, 7) is 14.4. The molecule has 0 aromatic carbocycles. The molecule has 10 atom stereocenters. The van der Waals surface area contributed by atoms with Crippen molar-refractivity contribution in [2.24, 2.45) is 29.1 Å². The molecule has 0 aromatic rings. The second kappa shape index (κ2) is 8.77. The first-order valence-corrected chi connectivity index (χ1v) is 12.9. The molecule has 0 radical (unpaired) electrons. The molecule has 3 fully saturated rings. The molecular formula is C28H40O8. The number of allylic oxidation sites excluding steroid dienone is 1. The zero-order valence-electron chi connectivity index (χ0n) is 22.8. The summed E-state index contributed by atoms with van der Waals surface area (Å²) < 4.78 is 24.0. The maximum absolute atomic E-state index is 13.9. The van der Waals surface area contributed by atoms with E-state index in [-0.39, 0.29) is 29.0 Å². The van der Waals surface area contributed by atoms with Gasteiger partial charge in [-0.05, 0) is 56.1 Å². The van der Waals surface area contributed by atoms with E-state index in [1.807, 2.05) is 33.8 Å². The van der Waals surface area contributed by atoms with Crippen LogP contribution in [0.2, 0.25) is 0 Å². The summed E-state index contributed by atoms with van der Waals surface area (Å²) in [7, 11) is 1.57. The number of carbonyl (C=O) groups is 3. The Bertz CT molecular complexity index is 1030. The Morgan fingerprint density at radius 2 is 1.81 bits per heavy atom. The highest BCUT2D eigenvalue weighted by molar-refractivity contribution is 5.96. The van der Waals surface area contributed by atoms with Crippen molar-refractivity contribution >= 4 is 17.7 Å². The van der Waals surface area contributed by atoms with E-state index in [2.05, 4.69) is 0 Å². The highest BCUT2D eigenvalue weighted by Crippen LogP contribution is 2.68. The topological polar surface area (TPSA) is 112 Å². The van der Waals surface area contributed by atoms with Gasteiger partial charge in [0.2, 0.25) is 0 Å². The quantitative estimate of drug-likeness (QED) is 0.269. The van der Waals surface area contributed by atoms with E-state index in [4.69, 9.17) is 18.9 Å². The van der Waals surface area contributed by atoms with Gasteiger partial charge in [-0.2, -0.15) is 0 Å². The number of esters is 2. The minimum atomic E-state index is -1.20. The summed E-state index contributed by atoms with van der Waals surface area (Å²) in [6.07, 6.45) is 0.920. The van der Waals surface area contributed by atoms with Crippen LogP contribution in [-0.4, -0.2) is 65.6 Å². The Kier molecular flexibility index (Phi) is 6.59. The molecule has 1 saturated heterocycles. The summed E-state index contributed by atoms with van der Waals surface area (Å²) in [5.74, 6) is -2.33. The molecular weight excluding hydrogens is 464 g/mol. The van der Waals surface area contributed by atoms with Gasteiger partial charge in [0.25, 0.3) is 0 Å². The van der Waals surface area contributed by atoms with E-state index in [9.17, 15) is 19.5 Å². The van der Waals surface area contributed by atoms with E-state index < -0.39 is 53.5 Å². The van der Waals surface area contributed by atoms with Gasteiger partial charge < -0.3 is 24.1 Å². The molecule has 1 heterocycles. The zero-order valence-corrected chi connectivity index (χ0v) is 22.8. The van der Waals surface area contributed by atoms with Crippen LogP contribution in [0.1, 0.15) is 61.8 Å². The molecule has 1 aliphatic heterocycles. The first kappa shape index (κ1) is 27.0. The fraction of sp³-hybridized carbons (Fsp3) is 0.750. The molecule has 0 bridgehead atoms. The Morgan fingerprint density at radius 1 is 1.17 bits per heavy atom. The third-order valence-electron chi connectivity index (χ3n) is 9.27. The van der Waals surface area contributed by atoms with Gasteiger partial charge in [-0.15, -0.1) is 0 Å². The van der Waals surface area contributed by atoms with E-state index in [1.165, 1.54) is 6.92 Å². The van der Waals surface area contributed by atoms with Crippen molar-refractivity contribution in [3.05, 3.63) is 23.3 Å². The number of aliphatic hydroxyl groups is 1. The normalized spacial score (nSPS) is 46.8. The Labute approximate surface area is 213 Å². The number of ether oxygens (including phenoxy) is 4. The molecule has 0 spiro atoms. The number of rotatable bonds is 4. The number of Topliss-reactive ketones (excluding diaryl/α,β-unsaturated/α-hetero) is 1. The van der Waals surface area contributed by atoms with Gasteiger partial charge in [0.15, 0.2) is 17.0 Å². The molecule has 8 nitrogen and oxygen atoms in total. The number of epoxide rings is 1. The fourth-order valence-corrected chi connectivity index (χ4v) is 7.15. The summed E-state index contributed by atoms with van der Waals surface area (Å²) >= 11 is 0. The first-order valence-electron chi connectivity index (χ1n) is 12.9. The second-order valence-corrected chi connectivity index (χ2v) is 11.8. The lowest BCUT2D eigenvalue weighted by atomic mass is 9.80. The molecule has 8 heteroatoms. The third kappa shape index (κ3) is 3.71. The van der Waals surface area contributed by atoms with Gasteiger partial charge in [0, 0.05) is 31.4 Å². The summed E-state index contributed by atoms with van der Waals surface area (Å²) in [5, 5.41) is 11.5. The van der Waals surface area contributed by atoms with Crippen LogP contribution >= 0.6 is 0 Å². The van der Waals surface area contributed by atoms with Crippen molar-refractivity contribution in [1.29, 1.82) is 0 Å². The van der Waals surface area contributed by atoms with Crippen molar-refractivity contribution in [1.82, 2.24) is 0 Å². The maximum atomic E-state index is 13.9. The molecule has 1 unspecified atom stereocenters. The van der Waals surface area contributed by atoms with Crippen LogP contribution in [0.15, 0.2) is 23.3 Å². The van der Waals surface area contributed by atoms with Crippen molar-refractivity contribution < 1.29 is 38.4 Å². The molecule has 0 aromatic heterocycles. The SMILES string of the molecule is C/C=C(/C)C(=O)O[C@@H]1/C(C)=C/[C@@]23O[C@@]2(C[C@H](C)[C@@H]3OC(C)=O)C(=O)[C@H](C)[C@H](O)[C@@H]2[C@H](C1OC)C2(C)C. The van der Waals surface area contributed by atoms with Crippen LogP contribution in [0, 0.1) is 29.1 Å². The average Bonchev–Trinajstić information content (AvgIpc) is 3.60. The lowest BCUT2D eigenvalue weighted by molar-refractivity contribution is -0.151. The Hall–Kier alpha value is -2.03. The fourth-order valence-electron chi connectivity index (χ4n) is 7.15. The number of hydrogen-bond donors (Lipinski definition) is 1. The van der Waals surface area contributed by atoms with Crippen LogP contribution in [0.25, 0.3) is 0 Å². The Balaban J connectivity index is 1.88. The molecule has 4 rings (SSSR count). The number of ketones is 1. The summed E-state index contributed by atoms with van der Waals surface area (Å²) in [4.78, 5) is 38.9. The van der Waals surface area contributed by atoms with Crippen molar-refractivity contribution in [2.45, 2.75) is 97.4 Å². The van der Waals surface area contributed by atoms with Crippen LogP contribution in [0.5, 0.6) is 0 Å². The number of fused-ring (bicyclic) bond motifs is 1. The molecule has 3 aliphatic carbocycles. The average molecular weight is 505 g/mol. The van der Waals surface area contributed by atoms with Crippen molar-refractivity contribution in [2.75, 3.05) is 7.11 Å². The summed E-state index contributed by atoms with van der Waals surface area (Å²) in [6, 6.07) is 0. The van der Waals surface area contributed by atoms with Crippen LogP contribution in [0.4, 0.5) is 0 Å². The van der Waals surface area contributed by atoms with E-state index in [1.54, 1.807) is 34.0 Å². The monoisotopic (exact) mass is 504 g/mol. The highest BCUT2D eigenvalue weighted by atomic mass is 16.7. The third-order valence-corrected chi connectivity index (χ3v) is 9.27. The lowest BCUT2D eigenvalue weighted by Gasteiger charge is -2.30. The van der Waals surface area contributed by atoms with Gasteiger partial charge in [-0.3, -0.25) is 9.59 Å². The van der Waals surface area contributed by atoms with E-state index in [0.29, 0.717) is 17.6 Å². The van der Waals surface area contributed by atoms with Gasteiger partial charge in [-0.1, -0.05) is 33.8 Å². The molecule has 36 heavy (non-hydrogen) atoms. The molecule has 2 saturated carbocycles. The first-order chi connectivity index (χ1) is 16.7. The molecule has 4 aliphatic rings. The number of carbonyl (C=O) groups excluding carboxylic acids is 3. The van der Waals surface area contributed by atoms with Crippen LogP contribution in [-0.2, 0) is 33.3 Å². The molecule has 1 N–H and O–H groups in total. The van der Waals surface area contributed by atoms with Gasteiger partial charge >= 0.3 is 11.9 Å². The van der Waals surface area contributed by atoms with Gasteiger partial charge in [0.05, 0.1) is 6.10 Å². The molecule has 0 amide bonds. The highest BCUT2D eigenvalue weighted by Gasteiger charge is 2.83. The second-order valence-electron chi connectivity index (χ2n) is 11.8. The van der Waals surface area contributed by atoms with E-state index >= 15 is 0 Å². The Morgan fingerprint density at radius 3 is 2.36 bits per heavy atom. The predicted molar refractivity (Wildman–Crippen MR) is 131 cm³/mol. The molecule has 200 valence electrons. The van der Waals surface area contributed by atoms with E-state index in [0.717, 1.165) is 0 Å². The van der Waals surface area contributed by atoms with Crippen LogP contribution in [0.3, 0.4) is 0 Å². The number of aliphatic hydroxyl groups excluding tert-OH is 1. The van der Waals surface area contributed by atoms with Crippen molar-refractivity contribution in [3.8, 4) is 0 Å². The minimum absolute atomic E-state index is 0.141. The zero-order chi connectivity index (χ0) is 27.0. The van der Waals surface area contributed by atoms with Crippen molar-refractivity contribution in [3.63, 3.8) is 0 Å². The summed E-state index contributed by atoms with van der Waals surface area (Å²) in [5.41, 5.74) is -1.61. The van der Waals surface area contributed by atoms with Crippen LogP contribution < -0.4 is 0 Å².